The van der Waals surface area contributed by atoms with E-state index in [9.17, 15) is 22.8 Å². The number of methoxy groups -OCH3 is 1. The van der Waals surface area contributed by atoms with Gasteiger partial charge in [-0.3, -0.25) is 4.79 Å². The van der Waals surface area contributed by atoms with Crippen LogP contribution in [0.4, 0.5) is 13.2 Å². The zero-order valence-electron chi connectivity index (χ0n) is 13.9. The van der Waals surface area contributed by atoms with Gasteiger partial charge in [-0.05, 0) is 31.0 Å². The molecular formula is C17H18F3NO3S. The van der Waals surface area contributed by atoms with Crippen LogP contribution in [0, 0.1) is 0 Å². The molecule has 136 valence electrons. The largest absolute Gasteiger partial charge is 0.467 e. The Hall–Kier alpha value is -1.96. The molecule has 0 amide bonds. The topological polar surface area (TPSA) is 55.4 Å². The average molecular weight is 373 g/mol. The fourth-order valence-electron chi connectivity index (χ4n) is 2.46. The van der Waals surface area contributed by atoms with Crippen molar-refractivity contribution in [2.75, 3.05) is 7.11 Å². The second kappa shape index (κ2) is 7.51. The number of carbonyl (C=O) groups is 2. The van der Waals surface area contributed by atoms with Crippen LogP contribution in [0.25, 0.3) is 5.57 Å². The number of hydrogen-bond donors (Lipinski definition) is 1. The molecule has 0 aromatic heterocycles. The van der Waals surface area contributed by atoms with Crippen molar-refractivity contribution in [3.8, 4) is 0 Å². The highest BCUT2D eigenvalue weighted by molar-refractivity contribution is 8.05. The van der Waals surface area contributed by atoms with Crippen LogP contribution in [0.2, 0.25) is 0 Å². The molecule has 2 rings (SSSR count). The Labute approximate surface area is 147 Å². The Morgan fingerprint density at radius 3 is 2.64 bits per heavy atom. The second-order valence-electron chi connectivity index (χ2n) is 5.54. The van der Waals surface area contributed by atoms with E-state index in [0.717, 1.165) is 12.1 Å². The average Bonchev–Trinajstić information content (AvgIpc) is 2.85. The van der Waals surface area contributed by atoms with Crippen molar-refractivity contribution in [1.29, 1.82) is 0 Å². The molecule has 0 radical (unpaired) electrons. The molecule has 1 heterocycles. The molecule has 8 heteroatoms. The van der Waals surface area contributed by atoms with Crippen LogP contribution in [0.1, 0.15) is 31.4 Å². The van der Waals surface area contributed by atoms with Crippen molar-refractivity contribution in [3.05, 3.63) is 40.4 Å². The van der Waals surface area contributed by atoms with E-state index in [1.165, 1.54) is 31.0 Å². The Kier molecular flexibility index (Phi) is 5.82. The van der Waals surface area contributed by atoms with Crippen molar-refractivity contribution in [2.24, 2.45) is 0 Å². The Morgan fingerprint density at radius 1 is 1.40 bits per heavy atom. The summed E-state index contributed by atoms with van der Waals surface area (Å²) in [7, 11) is 1.25. The molecular weight excluding hydrogens is 355 g/mol. The number of carbonyl (C=O) groups excluding carboxylic acids is 2. The minimum absolute atomic E-state index is 0.172. The fraction of sp³-hybridized carbons (Fsp3) is 0.412. The van der Waals surface area contributed by atoms with Crippen LogP contribution in [-0.4, -0.2) is 30.2 Å². The maximum Gasteiger partial charge on any atom is 0.416 e. The van der Waals surface area contributed by atoms with E-state index in [0.29, 0.717) is 11.4 Å². The smallest absolute Gasteiger partial charge is 0.416 e. The van der Waals surface area contributed by atoms with E-state index in [1.807, 2.05) is 0 Å². The van der Waals surface area contributed by atoms with E-state index in [4.69, 9.17) is 4.74 Å². The van der Waals surface area contributed by atoms with Crippen LogP contribution in [0.3, 0.4) is 0 Å². The van der Waals surface area contributed by atoms with Gasteiger partial charge in [-0.25, -0.2) is 4.79 Å². The monoisotopic (exact) mass is 373 g/mol. The van der Waals surface area contributed by atoms with Crippen molar-refractivity contribution in [1.82, 2.24) is 5.32 Å². The minimum Gasteiger partial charge on any atom is -0.467 e. The predicted molar refractivity (Wildman–Crippen MR) is 89.7 cm³/mol. The molecule has 1 aromatic rings. The van der Waals surface area contributed by atoms with Crippen LogP contribution >= 0.6 is 11.8 Å². The first kappa shape index (κ1) is 19.4. The molecule has 2 unspecified atom stereocenters. The third-order valence-electron chi connectivity index (χ3n) is 3.82. The van der Waals surface area contributed by atoms with Crippen molar-refractivity contribution >= 4 is 29.1 Å². The number of allylic oxidation sites excluding steroid dienone is 1. The van der Waals surface area contributed by atoms with E-state index in [1.54, 1.807) is 13.8 Å². The van der Waals surface area contributed by atoms with E-state index < -0.39 is 29.0 Å². The molecule has 0 spiro atoms. The molecule has 0 saturated carbocycles. The highest BCUT2D eigenvalue weighted by Crippen LogP contribution is 2.40. The van der Waals surface area contributed by atoms with Gasteiger partial charge in [-0.1, -0.05) is 30.8 Å². The molecule has 1 aromatic carbocycles. The maximum absolute atomic E-state index is 13.0. The summed E-state index contributed by atoms with van der Waals surface area (Å²) < 4.78 is 43.6. The van der Waals surface area contributed by atoms with Gasteiger partial charge in [-0.15, -0.1) is 0 Å². The molecule has 0 bridgehead atoms. The van der Waals surface area contributed by atoms with E-state index in [-0.39, 0.29) is 16.9 Å². The van der Waals surface area contributed by atoms with E-state index >= 15 is 0 Å². The van der Waals surface area contributed by atoms with Gasteiger partial charge >= 0.3 is 12.1 Å². The number of esters is 1. The number of rotatable bonds is 5. The van der Waals surface area contributed by atoms with Gasteiger partial charge in [0.25, 0.3) is 0 Å². The van der Waals surface area contributed by atoms with Crippen LogP contribution in [0.5, 0.6) is 0 Å². The summed E-state index contributed by atoms with van der Waals surface area (Å²) in [5.41, 5.74) is -0.473. The molecule has 25 heavy (non-hydrogen) atoms. The number of alkyl halides is 3. The van der Waals surface area contributed by atoms with E-state index in [2.05, 4.69) is 5.32 Å². The summed E-state index contributed by atoms with van der Waals surface area (Å²) in [5.74, 6) is -0.766. The number of halogens is 3. The zero-order chi connectivity index (χ0) is 18.8. The molecule has 0 fully saturated rings. The van der Waals surface area contributed by atoms with Gasteiger partial charge in [0.2, 0.25) is 0 Å². The summed E-state index contributed by atoms with van der Waals surface area (Å²) >= 11 is 1.19. The van der Waals surface area contributed by atoms with Crippen molar-refractivity contribution < 1.29 is 27.5 Å². The van der Waals surface area contributed by atoms with Crippen LogP contribution in [0.15, 0.2) is 29.3 Å². The lowest BCUT2D eigenvalue weighted by Crippen LogP contribution is -2.35. The minimum atomic E-state index is -4.50. The lowest BCUT2D eigenvalue weighted by atomic mass is 9.99. The van der Waals surface area contributed by atoms with Crippen molar-refractivity contribution in [3.63, 3.8) is 0 Å². The Bertz CT molecular complexity index is 715. The second-order valence-corrected chi connectivity index (χ2v) is 6.89. The van der Waals surface area contributed by atoms with Gasteiger partial charge < -0.3 is 10.1 Å². The molecule has 0 aliphatic carbocycles. The normalized spacial score (nSPS) is 19.1. The fourth-order valence-corrected chi connectivity index (χ4v) is 3.59. The number of ether oxygens (including phenoxy) is 1. The quantitative estimate of drug-likeness (QED) is 0.799. The number of hydrogen-bond acceptors (Lipinski definition) is 5. The summed E-state index contributed by atoms with van der Waals surface area (Å²) in [4.78, 5) is 24.2. The molecule has 1 N–H and O–H groups in total. The molecule has 4 nitrogen and oxygen atoms in total. The Balaban J connectivity index is 2.46. The summed E-state index contributed by atoms with van der Waals surface area (Å²) in [5, 5.41) is 2.90. The van der Waals surface area contributed by atoms with Gasteiger partial charge in [0.1, 0.15) is 6.04 Å². The van der Waals surface area contributed by atoms with Crippen molar-refractivity contribution in [2.45, 2.75) is 37.7 Å². The van der Waals surface area contributed by atoms with Crippen LogP contribution < -0.4 is 5.32 Å². The number of benzene rings is 1. The first-order chi connectivity index (χ1) is 11.7. The maximum atomic E-state index is 13.0. The predicted octanol–water partition coefficient (Wildman–Crippen LogP) is 3.62. The first-order valence-electron chi connectivity index (χ1n) is 7.66. The number of ketones is 1. The third kappa shape index (κ3) is 4.18. The third-order valence-corrected chi connectivity index (χ3v) is 4.94. The molecule has 0 saturated heterocycles. The van der Waals surface area contributed by atoms with Gasteiger partial charge in [-0.2, -0.15) is 13.2 Å². The highest BCUT2D eigenvalue weighted by Gasteiger charge is 2.36. The summed E-state index contributed by atoms with van der Waals surface area (Å²) in [6.07, 6.45) is -4.09. The molecule has 2 atom stereocenters. The molecule has 1 aliphatic rings. The Morgan fingerprint density at radius 2 is 2.08 bits per heavy atom. The lowest BCUT2D eigenvalue weighted by molar-refractivity contribution is -0.143. The number of nitrogens with one attached hydrogen (secondary N) is 1. The SMILES string of the molecule is CCC(NC1=C(c2cccc(C(F)(F)F)c2)C(=O)C(C)S1)C(=O)OC. The lowest BCUT2D eigenvalue weighted by Gasteiger charge is -2.17. The summed E-state index contributed by atoms with van der Waals surface area (Å²) in [6, 6.07) is 3.96. The van der Waals surface area contributed by atoms with Gasteiger partial charge in [0.05, 0.1) is 28.5 Å². The number of Topliss-reactive ketones (excluding diaryl/α,β-unsaturated/α-hetero) is 1. The van der Waals surface area contributed by atoms with Crippen LogP contribution in [-0.2, 0) is 20.5 Å². The number of thioether (sulfide) groups is 1. The van der Waals surface area contributed by atoms with Gasteiger partial charge in [0, 0.05) is 0 Å². The van der Waals surface area contributed by atoms with Gasteiger partial charge in [0.15, 0.2) is 5.78 Å². The first-order valence-corrected chi connectivity index (χ1v) is 8.54. The zero-order valence-corrected chi connectivity index (χ0v) is 14.8. The standard InChI is InChI=1S/C17H18F3NO3S/c1-4-12(16(23)24-3)21-15-13(14(22)9(2)25-15)10-6-5-7-11(8-10)17(18,19)20/h5-9,12,21H,4H2,1-3H3. The highest BCUT2D eigenvalue weighted by atomic mass is 32.2. The summed E-state index contributed by atoms with van der Waals surface area (Å²) in [6.45, 7) is 3.44. The molecule has 1 aliphatic heterocycles.